The van der Waals surface area contributed by atoms with Crippen LogP contribution in [-0.2, 0) is 16.0 Å². The van der Waals surface area contributed by atoms with E-state index in [1.165, 1.54) is 16.9 Å². The molecule has 0 fully saturated rings. The van der Waals surface area contributed by atoms with E-state index in [4.69, 9.17) is 4.74 Å². The van der Waals surface area contributed by atoms with Gasteiger partial charge in [-0.15, -0.1) is 11.3 Å². The highest BCUT2D eigenvalue weighted by Gasteiger charge is 2.31. The second-order valence-electron chi connectivity index (χ2n) is 6.35. The summed E-state index contributed by atoms with van der Waals surface area (Å²) >= 11 is 1.48. The molecule has 132 valence electrons. The molecule has 0 saturated heterocycles. The van der Waals surface area contributed by atoms with Crippen molar-refractivity contribution in [3.63, 3.8) is 0 Å². The van der Waals surface area contributed by atoms with E-state index in [0.717, 1.165) is 28.8 Å². The summed E-state index contributed by atoms with van der Waals surface area (Å²) in [5, 5.41) is 3.59. The van der Waals surface area contributed by atoms with Gasteiger partial charge in [0, 0.05) is 17.2 Å². The first kappa shape index (κ1) is 17.7. The van der Waals surface area contributed by atoms with Crippen LogP contribution < -0.4 is 5.32 Å². The number of hydrogen-bond donors (Lipinski definition) is 1. The normalized spacial score (nSPS) is 13.1. The lowest BCUT2D eigenvalue weighted by molar-refractivity contribution is -0.119. The number of anilines is 1. The van der Waals surface area contributed by atoms with Gasteiger partial charge in [0.1, 0.15) is 5.00 Å². The molecule has 1 N–H and O–H groups in total. The molecule has 1 aromatic heterocycles. The molecule has 2 aromatic rings. The third-order valence-corrected chi connectivity index (χ3v) is 5.70. The van der Waals surface area contributed by atoms with E-state index < -0.39 is 0 Å². The minimum Gasteiger partial charge on any atom is -0.462 e. The first-order valence-electron chi connectivity index (χ1n) is 8.78. The van der Waals surface area contributed by atoms with Gasteiger partial charge in [-0.25, -0.2) is 4.79 Å². The standard InChI is InChI=1S/C20H23NO3S/c1-4-8-12(3)18(22)21-19-16(20(23)24-5-2)15-11-13-9-6-7-10-14(13)17(15)25-19/h6-7,9-10,12H,4-5,8,11H2,1-3H3,(H,21,22). The van der Waals surface area contributed by atoms with Crippen molar-refractivity contribution in [3.05, 3.63) is 41.0 Å². The largest absolute Gasteiger partial charge is 0.462 e. The minimum atomic E-state index is -0.355. The van der Waals surface area contributed by atoms with Crippen LogP contribution in [0.5, 0.6) is 0 Å². The summed E-state index contributed by atoms with van der Waals surface area (Å²) in [5.74, 6) is -0.476. The third kappa shape index (κ3) is 3.33. The monoisotopic (exact) mass is 357 g/mol. The Balaban J connectivity index is 1.99. The zero-order chi connectivity index (χ0) is 18.0. The Morgan fingerprint density at radius 1 is 1.28 bits per heavy atom. The topological polar surface area (TPSA) is 55.4 Å². The van der Waals surface area contributed by atoms with Gasteiger partial charge in [0.05, 0.1) is 12.2 Å². The molecule has 1 amide bonds. The van der Waals surface area contributed by atoms with E-state index in [1.54, 1.807) is 6.92 Å². The summed E-state index contributed by atoms with van der Waals surface area (Å²) in [7, 11) is 0. The average molecular weight is 357 g/mol. The SMILES string of the molecule is CCCC(C)C(=O)Nc1sc2c(c1C(=O)OCC)Cc1ccccc1-2. The molecule has 0 radical (unpaired) electrons. The zero-order valence-corrected chi connectivity index (χ0v) is 15.7. The molecule has 0 spiro atoms. The van der Waals surface area contributed by atoms with Gasteiger partial charge >= 0.3 is 5.97 Å². The maximum Gasteiger partial charge on any atom is 0.341 e. The number of fused-ring (bicyclic) bond motifs is 3. The molecule has 0 saturated carbocycles. The maximum absolute atomic E-state index is 12.5. The van der Waals surface area contributed by atoms with Crippen LogP contribution >= 0.6 is 11.3 Å². The Hall–Kier alpha value is -2.14. The highest BCUT2D eigenvalue weighted by molar-refractivity contribution is 7.20. The minimum absolute atomic E-state index is 0.0411. The summed E-state index contributed by atoms with van der Waals surface area (Å²) in [6.07, 6.45) is 2.48. The van der Waals surface area contributed by atoms with Gasteiger partial charge in [0.25, 0.3) is 0 Å². The van der Waals surface area contributed by atoms with Gasteiger partial charge in [-0.2, -0.15) is 0 Å². The number of esters is 1. The lowest BCUT2D eigenvalue weighted by atomic mass is 10.1. The van der Waals surface area contributed by atoms with Gasteiger partial charge in [-0.1, -0.05) is 44.5 Å². The molecular formula is C20H23NO3S. The number of nitrogens with one attached hydrogen (secondary N) is 1. The second-order valence-corrected chi connectivity index (χ2v) is 7.37. The average Bonchev–Trinajstić information content (AvgIpc) is 3.10. The van der Waals surface area contributed by atoms with Gasteiger partial charge < -0.3 is 10.1 Å². The predicted molar refractivity (Wildman–Crippen MR) is 101 cm³/mol. The van der Waals surface area contributed by atoms with E-state index in [2.05, 4.69) is 24.4 Å². The van der Waals surface area contributed by atoms with E-state index in [-0.39, 0.29) is 17.8 Å². The number of hydrogen-bond acceptors (Lipinski definition) is 4. The number of amides is 1. The lowest BCUT2D eigenvalue weighted by Crippen LogP contribution is -2.21. The second kappa shape index (κ2) is 7.40. The van der Waals surface area contributed by atoms with Crippen molar-refractivity contribution >= 4 is 28.2 Å². The summed E-state index contributed by atoms with van der Waals surface area (Å²) < 4.78 is 5.26. The van der Waals surface area contributed by atoms with Crippen molar-refractivity contribution in [1.82, 2.24) is 0 Å². The molecule has 3 rings (SSSR count). The Labute approximate surface area is 152 Å². The van der Waals surface area contributed by atoms with Crippen LogP contribution in [0.15, 0.2) is 24.3 Å². The molecule has 0 aliphatic heterocycles. The molecule has 4 nitrogen and oxygen atoms in total. The highest BCUT2D eigenvalue weighted by Crippen LogP contribution is 2.47. The Bertz CT molecular complexity index is 809. The third-order valence-electron chi connectivity index (χ3n) is 4.52. The van der Waals surface area contributed by atoms with Crippen molar-refractivity contribution < 1.29 is 14.3 Å². The predicted octanol–water partition coefficient (Wildman–Crippen LogP) is 4.87. The van der Waals surface area contributed by atoms with Crippen molar-refractivity contribution in [1.29, 1.82) is 0 Å². The van der Waals surface area contributed by atoms with Gasteiger partial charge in [-0.3, -0.25) is 4.79 Å². The number of benzene rings is 1. The molecular weight excluding hydrogens is 334 g/mol. The first-order valence-corrected chi connectivity index (χ1v) is 9.60. The van der Waals surface area contributed by atoms with Gasteiger partial charge in [-0.05, 0) is 30.0 Å². The molecule has 1 aromatic carbocycles. The van der Waals surface area contributed by atoms with Crippen molar-refractivity contribution in [2.24, 2.45) is 5.92 Å². The fourth-order valence-electron chi connectivity index (χ4n) is 3.24. The van der Waals surface area contributed by atoms with Crippen LogP contribution in [0.2, 0.25) is 0 Å². The summed E-state index contributed by atoms with van der Waals surface area (Å²) in [6, 6.07) is 8.16. The summed E-state index contributed by atoms with van der Waals surface area (Å²) in [4.78, 5) is 26.1. The quantitative estimate of drug-likeness (QED) is 0.640. The van der Waals surface area contributed by atoms with Gasteiger partial charge in [0.15, 0.2) is 0 Å². The van der Waals surface area contributed by atoms with Crippen LogP contribution in [0.3, 0.4) is 0 Å². The highest BCUT2D eigenvalue weighted by atomic mass is 32.1. The Morgan fingerprint density at radius 3 is 2.76 bits per heavy atom. The van der Waals surface area contributed by atoms with Crippen molar-refractivity contribution in [2.45, 2.75) is 40.0 Å². The van der Waals surface area contributed by atoms with E-state index in [0.29, 0.717) is 23.6 Å². The van der Waals surface area contributed by atoms with E-state index in [9.17, 15) is 9.59 Å². The Kier molecular flexibility index (Phi) is 5.23. The van der Waals surface area contributed by atoms with Crippen LogP contribution in [-0.4, -0.2) is 18.5 Å². The van der Waals surface area contributed by atoms with Crippen LogP contribution in [0.1, 0.15) is 55.1 Å². The van der Waals surface area contributed by atoms with E-state index >= 15 is 0 Å². The number of rotatable bonds is 6. The number of ether oxygens (including phenoxy) is 1. The summed E-state index contributed by atoms with van der Waals surface area (Å²) in [6.45, 7) is 6.08. The molecule has 1 unspecified atom stereocenters. The molecule has 1 aliphatic carbocycles. The first-order chi connectivity index (χ1) is 12.1. The van der Waals surface area contributed by atoms with Crippen LogP contribution in [0.25, 0.3) is 10.4 Å². The Morgan fingerprint density at radius 2 is 2.04 bits per heavy atom. The number of carbonyl (C=O) groups excluding carboxylic acids is 2. The number of thiophene rings is 1. The molecule has 0 bridgehead atoms. The smallest absolute Gasteiger partial charge is 0.341 e. The molecule has 5 heteroatoms. The summed E-state index contributed by atoms with van der Waals surface area (Å²) in [5.41, 5.74) is 3.86. The fourth-order valence-corrected chi connectivity index (χ4v) is 4.52. The van der Waals surface area contributed by atoms with Gasteiger partial charge in [0.2, 0.25) is 5.91 Å². The van der Waals surface area contributed by atoms with Crippen LogP contribution in [0, 0.1) is 5.92 Å². The van der Waals surface area contributed by atoms with Crippen molar-refractivity contribution in [2.75, 3.05) is 11.9 Å². The van der Waals surface area contributed by atoms with E-state index in [1.807, 2.05) is 19.1 Å². The fraction of sp³-hybridized carbons (Fsp3) is 0.400. The molecule has 25 heavy (non-hydrogen) atoms. The molecule has 1 atom stereocenters. The molecule has 1 heterocycles. The van der Waals surface area contributed by atoms with Crippen LogP contribution in [0.4, 0.5) is 5.00 Å². The maximum atomic E-state index is 12.5. The van der Waals surface area contributed by atoms with Crippen molar-refractivity contribution in [3.8, 4) is 10.4 Å². The number of carbonyl (C=O) groups is 2. The zero-order valence-electron chi connectivity index (χ0n) is 14.8. The molecule has 1 aliphatic rings. The lowest BCUT2D eigenvalue weighted by Gasteiger charge is -2.12.